The first-order chi connectivity index (χ1) is 18.9. The van der Waals surface area contributed by atoms with Gasteiger partial charge in [-0.05, 0) is 59.9 Å². The maximum absolute atomic E-state index is 13.8. The molecule has 0 spiro atoms. The second kappa shape index (κ2) is 11.6. The Hall–Kier alpha value is -3.74. The van der Waals surface area contributed by atoms with E-state index in [9.17, 15) is 9.59 Å². The molecule has 3 aromatic carbocycles. The van der Waals surface area contributed by atoms with Gasteiger partial charge in [0.25, 0.3) is 5.91 Å². The van der Waals surface area contributed by atoms with Crippen molar-refractivity contribution in [2.45, 2.75) is 40.0 Å². The van der Waals surface area contributed by atoms with E-state index >= 15 is 0 Å². The van der Waals surface area contributed by atoms with Gasteiger partial charge in [-0.15, -0.1) is 22.7 Å². The van der Waals surface area contributed by atoms with E-state index in [4.69, 9.17) is 4.74 Å². The topological polar surface area (TPSA) is 55.4 Å². The van der Waals surface area contributed by atoms with E-state index in [0.29, 0.717) is 27.8 Å². The fourth-order valence-corrected chi connectivity index (χ4v) is 6.71. The molecule has 2 heterocycles. The zero-order valence-electron chi connectivity index (χ0n) is 22.5. The minimum absolute atomic E-state index is 0.215. The molecule has 1 amide bonds. The lowest BCUT2D eigenvalue weighted by molar-refractivity contribution is 0.0529. The number of ether oxygens (including phenoxy) is 1. The van der Waals surface area contributed by atoms with Crippen molar-refractivity contribution in [1.29, 1.82) is 0 Å². The van der Waals surface area contributed by atoms with Crippen molar-refractivity contribution in [2.75, 3.05) is 11.9 Å². The molecule has 0 unspecified atom stereocenters. The fraction of sp³-hybridized carbons (Fsp3) is 0.212. The van der Waals surface area contributed by atoms with Crippen LogP contribution in [0.25, 0.3) is 21.2 Å². The predicted octanol–water partition coefficient (Wildman–Crippen LogP) is 9.08. The van der Waals surface area contributed by atoms with Crippen LogP contribution in [0.3, 0.4) is 0 Å². The van der Waals surface area contributed by atoms with Crippen LogP contribution < -0.4 is 5.32 Å². The van der Waals surface area contributed by atoms with E-state index in [0.717, 1.165) is 32.3 Å². The van der Waals surface area contributed by atoms with Crippen LogP contribution in [0.2, 0.25) is 0 Å². The van der Waals surface area contributed by atoms with Gasteiger partial charge in [0, 0.05) is 15.6 Å². The molecule has 2 aromatic heterocycles. The van der Waals surface area contributed by atoms with Gasteiger partial charge < -0.3 is 10.1 Å². The number of esters is 1. The summed E-state index contributed by atoms with van der Waals surface area (Å²) in [6, 6.07) is 24.7. The summed E-state index contributed by atoms with van der Waals surface area (Å²) in [5.41, 5.74) is 6.65. The first kappa shape index (κ1) is 26.9. The average Bonchev–Trinajstić information content (AvgIpc) is 3.52. The molecule has 0 bridgehead atoms. The summed E-state index contributed by atoms with van der Waals surface area (Å²) in [5.74, 6) is -0.239. The molecule has 1 N–H and O–H groups in total. The highest BCUT2D eigenvalue weighted by Crippen LogP contribution is 2.39. The number of fused-ring (bicyclic) bond motifs is 1. The molecule has 0 atom stereocenters. The second-order valence-corrected chi connectivity index (χ2v) is 11.8. The van der Waals surface area contributed by atoms with Gasteiger partial charge >= 0.3 is 5.97 Å². The Kier molecular flexibility index (Phi) is 7.96. The number of nitrogens with one attached hydrogen (secondary N) is 1. The predicted molar refractivity (Wildman–Crippen MR) is 164 cm³/mol. The Bertz CT molecular complexity index is 1630. The van der Waals surface area contributed by atoms with E-state index in [2.05, 4.69) is 68.6 Å². The number of aryl methyl sites for hydroxylation is 1. The molecular formula is C33H31NO3S2. The number of benzene rings is 3. The Labute approximate surface area is 237 Å². The second-order valence-electron chi connectivity index (χ2n) is 9.87. The Morgan fingerprint density at radius 1 is 0.949 bits per heavy atom. The molecule has 0 radical (unpaired) electrons. The minimum Gasteiger partial charge on any atom is -0.462 e. The number of amides is 1. The quantitative estimate of drug-likeness (QED) is 0.195. The number of rotatable bonds is 8. The van der Waals surface area contributed by atoms with E-state index in [1.54, 1.807) is 6.92 Å². The molecular weight excluding hydrogens is 523 g/mol. The van der Waals surface area contributed by atoms with Gasteiger partial charge in [-0.2, -0.15) is 0 Å². The summed E-state index contributed by atoms with van der Waals surface area (Å²) < 4.78 is 6.48. The maximum atomic E-state index is 13.8. The normalized spacial score (nSPS) is 11.2. The molecule has 198 valence electrons. The van der Waals surface area contributed by atoms with Gasteiger partial charge in [-0.1, -0.05) is 86.1 Å². The van der Waals surface area contributed by atoms with Crippen LogP contribution in [0.4, 0.5) is 5.00 Å². The van der Waals surface area contributed by atoms with Crippen molar-refractivity contribution in [1.82, 2.24) is 0 Å². The molecule has 5 rings (SSSR count). The molecule has 4 nitrogen and oxygen atoms in total. The molecule has 0 aliphatic rings. The summed E-state index contributed by atoms with van der Waals surface area (Å²) in [4.78, 5) is 27.6. The number of hydrogen-bond donors (Lipinski definition) is 1. The number of thiophene rings is 2. The molecule has 0 saturated carbocycles. The Balaban J connectivity index is 1.52. The minimum atomic E-state index is -0.437. The van der Waals surface area contributed by atoms with Crippen LogP contribution in [0.15, 0.2) is 78.2 Å². The van der Waals surface area contributed by atoms with Crippen LogP contribution in [0, 0.1) is 6.92 Å². The van der Waals surface area contributed by atoms with E-state index in [1.165, 1.54) is 33.8 Å². The first-order valence-electron chi connectivity index (χ1n) is 13.1. The molecule has 0 fully saturated rings. The standard InChI is InChI=1S/C33H31NO3S2/c1-5-37-33(36)29-27(24-16-14-23(15-17-24)20(2)3)19-38-32(29)34-31(35)30-26(18-22-12-10-21(4)11-13-22)25-8-6-7-9-28(25)39-30/h6-17,19-20H,5,18H2,1-4H3,(H,34,35). The van der Waals surface area contributed by atoms with E-state index < -0.39 is 5.97 Å². The van der Waals surface area contributed by atoms with Crippen LogP contribution in [0.5, 0.6) is 0 Å². The highest BCUT2D eigenvalue weighted by atomic mass is 32.1. The zero-order chi connectivity index (χ0) is 27.5. The highest BCUT2D eigenvalue weighted by molar-refractivity contribution is 7.21. The third-order valence-electron chi connectivity index (χ3n) is 6.79. The summed E-state index contributed by atoms with van der Waals surface area (Å²) >= 11 is 2.83. The van der Waals surface area contributed by atoms with Crippen molar-refractivity contribution in [3.63, 3.8) is 0 Å². The Morgan fingerprint density at radius 2 is 1.67 bits per heavy atom. The third-order valence-corrected chi connectivity index (χ3v) is 8.90. The third kappa shape index (κ3) is 5.68. The first-order valence-corrected chi connectivity index (χ1v) is 14.8. The van der Waals surface area contributed by atoms with Gasteiger partial charge in [0.2, 0.25) is 0 Å². The van der Waals surface area contributed by atoms with Crippen LogP contribution in [0.1, 0.15) is 69.0 Å². The maximum Gasteiger partial charge on any atom is 0.341 e. The van der Waals surface area contributed by atoms with E-state index in [-0.39, 0.29) is 12.5 Å². The van der Waals surface area contributed by atoms with Gasteiger partial charge in [-0.3, -0.25) is 4.79 Å². The molecule has 6 heteroatoms. The van der Waals surface area contributed by atoms with Crippen LogP contribution in [-0.2, 0) is 11.2 Å². The molecule has 0 aliphatic heterocycles. The number of anilines is 1. The van der Waals surface area contributed by atoms with Crippen LogP contribution >= 0.6 is 22.7 Å². The molecule has 0 saturated heterocycles. The van der Waals surface area contributed by atoms with Gasteiger partial charge in [0.05, 0.1) is 11.5 Å². The molecule has 5 aromatic rings. The van der Waals surface area contributed by atoms with Crippen molar-refractivity contribution >= 4 is 49.6 Å². The number of hydrogen-bond acceptors (Lipinski definition) is 5. The van der Waals surface area contributed by atoms with Gasteiger partial charge in [0.1, 0.15) is 10.6 Å². The zero-order valence-corrected chi connectivity index (χ0v) is 24.2. The van der Waals surface area contributed by atoms with Crippen molar-refractivity contribution in [3.05, 3.63) is 111 Å². The molecule has 0 aliphatic carbocycles. The fourth-order valence-electron chi connectivity index (χ4n) is 4.64. The summed E-state index contributed by atoms with van der Waals surface area (Å²) in [7, 11) is 0. The monoisotopic (exact) mass is 553 g/mol. The van der Waals surface area contributed by atoms with Crippen LogP contribution in [-0.4, -0.2) is 18.5 Å². The van der Waals surface area contributed by atoms with Gasteiger partial charge in [0.15, 0.2) is 0 Å². The van der Waals surface area contributed by atoms with Crippen molar-refractivity contribution < 1.29 is 14.3 Å². The average molecular weight is 554 g/mol. The largest absolute Gasteiger partial charge is 0.462 e. The van der Waals surface area contributed by atoms with E-state index in [1.807, 2.05) is 35.7 Å². The SMILES string of the molecule is CCOC(=O)c1c(-c2ccc(C(C)C)cc2)csc1NC(=O)c1sc2ccccc2c1Cc1ccc(C)cc1. The lowest BCUT2D eigenvalue weighted by Crippen LogP contribution is -2.15. The summed E-state index contributed by atoms with van der Waals surface area (Å²) in [6.07, 6.45) is 0.648. The smallest absolute Gasteiger partial charge is 0.341 e. The molecule has 39 heavy (non-hydrogen) atoms. The number of carbonyl (C=O) groups excluding carboxylic acids is 2. The van der Waals surface area contributed by atoms with Crippen molar-refractivity contribution in [3.8, 4) is 11.1 Å². The summed E-state index contributed by atoms with van der Waals surface area (Å²) in [6.45, 7) is 8.41. The lowest BCUT2D eigenvalue weighted by atomic mass is 9.98. The lowest BCUT2D eigenvalue weighted by Gasteiger charge is -2.11. The number of carbonyl (C=O) groups is 2. The summed E-state index contributed by atoms with van der Waals surface area (Å²) in [5, 5.41) is 6.57. The highest BCUT2D eigenvalue weighted by Gasteiger charge is 2.25. The Morgan fingerprint density at radius 3 is 2.36 bits per heavy atom. The van der Waals surface area contributed by atoms with Crippen molar-refractivity contribution in [2.24, 2.45) is 0 Å². The van der Waals surface area contributed by atoms with Gasteiger partial charge in [-0.25, -0.2) is 4.79 Å².